The van der Waals surface area contributed by atoms with Crippen LogP contribution in [0.3, 0.4) is 0 Å². The lowest BCUT2D eigenvalue weighted by Gasteiger charge is -2.29. The third-order valence-corrected chi connectivity index (χ3v) is 8.61. The first-order valence-electron chi connectivity index (χ1n) is 15.7. The van der Waals surface area contributed by atoms with Crippen molar-refractivity contribution in [2.45, 2.75) is 95.2 Å². The molecule has 1 unspecified atom stereocenters. The predicted molar refractivity (Wildman–Crippen MR) is 167 cm³/mol. The number of nitrogens with one attached hydrogen (secondary N) is 2. The third kappa shape index (κ3) is 9.10. The van der Waals surface area contributed by atoms with Gasteiger partial charge in [0.1, 0.15) is 6.04 Å². The van der Waals surface area contributed by atoms with Crippen LogP contribution in [-0.4, -0.2) is 76.9 Å². The zero-order valence-corrected chi connectivity index (χ0v) is 25.1. The number of amidine groups is 1. The highest BCUT2D eigenvalue weighted by Gasteiger charge is 2.37. The molecule has 0 bridgehead atoms. The summed E-state index contributed by atoms with van der Waals surface area (Å²) in [5.74, 6) is -0.773. The van der Waals surface area contributed by atoms with Crippen LogP contribution in [0.4, 0.5) is 0 Å². The molecule has 43 heavy (non-hydrogen) atoms. The fraction of sp³-hybridized carbons (Fsp3) is 0.545. The largest absolute Gasteiger partial charge is 0.388 e. The van der Waals surface area contributed by atoms with E-state index in [4.69, 9.17) is 16.9 Å². The minimum Gasteiger partial charge on any atom is -0.388 e. The van der Waals surface area contributed by atoms with Gasteiger partial charge in [-0.05, 0) is 67.7 Å². The molecule has 2 aliphatic heterocycles. The Kier molecular flexibility index (Phi) is 11.7. The van der Waals surface area contributed by atoms with Crippen molar-refractivity contribution in [1.82, 2.24) is 15.1 Å². The lowest BCUT2D eigenvalue weighted by molar-refractivity contribution is -0.140. The van der Waals surface area contributed by atoms with E-state index in [0.29, 0.717) is 51.5 Å². The molecule has 6 N–H and O–H groups in total. The summed E-state index contributed by atoms with van der Waals surface area (Å²) >= 11 is 0. The van der Waals surface area contributed by atoms with Gasteiger partial charge in [0.2, 0.25) is 17.7 Å². The zero-order chi connectivity index (χ0) is 30.8. The van der Waals surface area contributed by atoms with E-state index in [0.717, 1.165) is 48.7 Å². The fourth-order valence-electron chi connectivity index (χ4n) is 6.17. The summed E-state index contributed by atoms with van der Waals surface area (Å²) in [6.45, 7) is 1.89. The number of nitrogens with zero attached hydrogens (tertiary/aromatic N) is 2. The number of ketones is 1. The van der Waals surface area contributed by atoms with Crippen molar-refractivity contribution < 1.29 is 19.2 Å². The van der Waals surface area contributed by atoms with Gasteiger partial charge in [-0.15, -0.1) is 0 Å². The number of carbonyl (C=O) groups excluding carboxylic acids is 4. The maximum absolute atomic E-state index is 13.5. The number of benzene rings is 2. The van der Waals surface area contributed by atoms with Gasteiger partial charge in [-0.3, -0.25) is 24.6 Å². The van der Waals surface area contributed by atoms with Gasteiger partial charge >= 0.3 is 0 Å². The Labute approximate surface area is 254 Å². The number of carbonyl (C=O) groups is 4. The summed E-state index contributed by atoms with van der Waals surface area (Å²) in [6, 6.07) is 11.8. The molecule has 0 radical (unpaired) electrons. The lowest BCUT2D eigenvalue weighted by Crippen LogP contribution is -2.54. The molecule has 10 heteroatoms. The van der Waals surface area contributed by atoms with Crippen LogP contribution in [-0.2, 0) is 25.6 Å². The van der Waals surface area contributed by atoms with Crippen molar-refractivity contribution in [3.05, 3.63) is 48.0 Å². The Morgan fingerprint density at radius 3 is 2.40 bits per heavy atom. The second-order valence-corrected chi connectivity index (χ2v) is 11.9. The minimum absolute atomic E-state index is 0.0253. The molecule has 10 nitrogen and oxygen atoms in total. The van der Waals surface area contributed by atoms with Crippen molar-refractivity contribution in [3.8, 4) is 0 Å². The molecule has 0 aliphatic carbocycles. The maximum atomic E-state index is 13.5. The van der Waals surface area contributed by atoms with Crippen LogP contribution in [0.1, 0.15) is 76.2 Å². The first-order chi connectivity index (χ1) is 20.7. The average Bonchev–Trinajstić information content (AvgIpc) is 3.51. The van der Waals surface area contributed by atoms with Crippen LogP contribution in [0.15, 0.2) is 42.5 Å². The summed E-state index contributed by atoms with van der Waals surface area (Å²) in [4.78, 5) is 56.2. The van der Waals surface area contributed by atoms with Crippen LogP contribution in [0.25, 0.3) is 10.8 Å². The number of nitrogens with two attached hydrogens (primary N) is 2. The molecule has 3 atom stereocenters. The van der Waals surface area contributed by atoms with Crippen LogP contribution < -0.4 is 16.8 Å². The van der Waals surface area contributed by atoms with Crippen molar-refractivity contribution in [2.24, 2.45) is 11.5 Å². The normalized spacial score (nSPS) is 18.3. The molecule has 0 spiro atoms. The quantitative estimate of drug-likeness (QED) is 0.150. The molecule has 0 aromatic heterocycles. The molecule has 4 rings (SSSR count). The predicted octanol–water partition coefficient (Wildman–Crippen LogP) is 3.04. The topological polar surface area (TPSA) is 163 Å². The van der Waals surface area contributed by atoms with Gasteiger partial charge in [0.15, 0.2) is 5.78 Å². The number of rotatable bonds is 14. The van der Waals surface area contributed by atoms with Crippen LogP contribution in [0.2, 0.25) is 0 Å². The SMILES string of the molecule is N=C(N)CCCCC(NC(=O)[C@@H]1CCCN1C(=O)[C@H](N)Cc1ccc2ccccc2c1)C(=O)CCC(=O)N1CCCCC1. The minimum atomic E-state index is -0.792. The van der Waals surface area contributed by atoms with Gasteiger partial charge in [0, 0.05) is 38.9 Å². The molecule has 2 fully saturated rings. The van der Waals surface area contributed by atoms with Crippen LogP contribution in [0.5, 0.6) is 0 Å². The number of hydrogen-bond acceptors (Lipinski definition) is 6. The van der Waals surface area contributed by atoms with Crippen molar-refractivity contribution in [2.75, 3.05) is 19.6 Å². The highest BCUT2D eigenvalue weighted by atomic mass is 16.2. The second kappa shape index (κ2) is 15.6. The summed E-state index contributed by atoms with van der Waals surface area (Å²) in [7, 11) is 0. The van der Waals surface area contributed by atoms with E-state index in [2.05, 4.69) is 5.32 Å². The smallest absolute Gasteiger partial charge is 0.243 e. The number of hydrogen-bond donors (Lipinski definition) is 4. The van der Waals surface area contributed by atoms with Crippen molar-refractivity contribution in [3.63, 3.8) is 0 Å². The molecular formula is C33H46N6O4. The van der Waals surface area contributed by atoms with Gasteiger partial charge in [-0.25, -0.2) is 0 Å². The Balaban J connectivity index is 1.36. The second-order valence-electron chi connectivity index (χ2n) is 11.9. The number of amides is 3. The Hall–Kier alpha value is -3.79. The van der Waals surface area contributed by atoms with E-state index >= 15 is 0 Å². The average molecular weight is 591 g/mol. The summed E-state index contributed by atoms with van der Waals surface area (Å²) in [6.07, 6.45) is 6.82. The summed E-state index contributed by atoms with van der Waals surface area (Å²) < 4.78 is 0. The van der Waals surface area contributed by atoms with E-state index in [1.165, 1.54) is 0 Å². The number of likely N-dealkylation sites (tertiary alicyclic amines) is 2. The van der Waals surface area contributed by atoms with Crippen LogP contribution >= 0.6 is 0 Å². The van der Waals surface area contributed by atoms with Crippen molar-refractivity contribution in [1.29, 1.82) is 5.41 Å². The number of Topliss-reactive ketones (excluding diaryl/α,β-unsaturated/α-hetero) is 1. The fourth-order valence-corrected chi connectivity index (χ4v) is 6.17. The molecule has 232 valence electrons. The summed E-state index contributed by atoms with van der Waals surface area (Å²) in [5, 5.41) is 12.6. The standard InChI is InChI=1S/C33H46N6O4/c34-26(22-23-14-15-24-9-2-3-10-25(24)21-23)33(43)39-20-8-12-28(39)32(42)37-27(11-4-5-13-30(35)36)29(40)16-17-31(41)38-18-6-1-7-19-38/h2-3,9-10,14-15,21,26-28H,1,4-8,11-13,16-20,22,34H2,(H3,35,36)(H,37,42)/t26-,27?,28+/m1/s1. The highest BCUT2D eigenvalue weighted by Crippen LogP contribution is 2.22. The van der Waals surface area contributed by atoms with Crippen LogP contribution in [0, 0.1) is 5.41 Å². The molecule has 2 aromatic carbocycles. The first kappa shape index (κ1) is 32.1. The Morgan fingerprint density at radius 1 is 0.907 bits per heavy atom. The number of fused-ring (bicyclic) bond motifs is 1. The number of piperidine rings is 1. The van der Waals surface area contributed by atoms with Gasteiger partial charge in [-0.2, -0.15) is 0 Å². The monoisotopic (exact) mass is 590 g/mol. The molecule has 2 saturated heterocycles. The molecule has 2 aliphatic rings. The molecule has 2 heterocycles. The summed E-state index contributed by atoms with van der Waals surface area (Å²) in [5.41, 5.74) is 12.8. The lowest BCUT2D eigenvalue weighted by atomic mass is 9.99. The first-order valence-corrected chi connectivity index (χ1v) is 15.7. The molecule has 3 amide bonds. The highest BCUT2D eigenvalue weighted by molar-refractivity contribution is 5.95. The van der Waals surface area contributed by atoms with Gasteiger partial charge < -0.3 is 26.6 Å². The van der Waals surface area contributed by atoms with E-state index in [9.17, 15) is 19.2 Å². The molecular weight excluding hydrogens is 544 g/mol. The van der Waals surface area contributed by atoms with E-state index in [-0.39, 0.29) is 42.2 Å². The van der Waals surface area contributed by atoms with Crippen molar-refractivity contribution >= 4 is 40.1 Å². The number of unbranched alkanes of at least 4 members (excludes halogenated alkanes) is 1. The molecule has 0 saturated carbocycles. The van der Waals surface area contributed by atoms with E-state index in [1.807, 2.05) is 47.4 Å². The maximum Gasteiger partial charge on any atom is 0.243 e. The van der Waals surface area contributed by atoms with Gasteiger partial charge in [-0.1, -0.05) is 48.9 Å². The van der Waals surface area contributed by atoms with E-state index in [1.54, 1.807) is 4.90 Å². The zero-order valence-electron chi connectivity index (χ0n) is 25.1. The Morgan fingerprint density at radius 2 is 1.65 bits per heavy atom. The van der Waals surface area contributed by atoms with E-state index < -0.39 is 18.1 Å². The third-order valence-electron chi connectivity index (χ3n) is 8.61. The van der Waals surface area contributed by atoms with Gasteiger partial charge in [0.05, 0.1) is 17.9 Å². The molecule has 2 aromatic rings. The van der Waals surface area contributed by atoms with Gasteiger partial charge in [0.25, 0.3) is 0 Å². The Bertz CT molecular complexity index is 1310.